The predicted octanol–water partition coefficient (Wildman–Crippen LogP) is 1.72. The first-order chi connectivity index (χ1) is 9.99. The molecule has 0 radical (unpaired) electrons. The van der Waals surface area contributed by atoms with Gasteiger partial charge in [-0.15, -0.1) is 0 Å². The Kier molecular flexibility index (Phi) is 5.00. The molecule has 0 saturated carbocycles. The minimum absolute atomic E-state index is 0.0182. The molecule has 7 heteroatoms. The van der Waals surface area contributed by atoms with E-state index in [0.717, 1.165) is 11.8 Å². The van der Waals surface area contributed by atoms with E-state index in [1.165, 1.54) is 31.3 Å². The molecular formula is C14H15NO5S. The smallest absolute Gasteiger partial charge is 0.185 e. The summed E-state index contributed by atoms with van der Waals surface area (Å²) in [5, 5.41) is 33.3. The number of aromatic hydroxyl groups is 1. The molecule has 0 amide bonds. The van der Waals surface area contributed by atoms with Gasteiger partial charge in [-0.05, 0) is 17.7 Å². The average Bonchev–Trinajstić information content (AvgIpc) is 2.98. The molecule has 2 atom stereocenters. The lowest BCUT2D eigenvalue weighted by Crippen LogP contribution is -2.21. The van der Waals surface area contributed by atoms with E-state index >= 15 is 0 Å². The molecule has 0 aliphatic heterocycles. The van der Waals surface area contributed by atoms with E-state index in [1.807, 2.05) is 0 Å². The highest BCUT2D eigenvalue weighted by Crippen LogP contribution is 2.32. The average molecular weight is 309 g/mol. The van der Waals surface area contributed by atoms with Crippen LogP contribution in [0.5, 0.6) is 5.75 Å². The summed E-state index contributed by atoms with van der Waals surface area (Å²) in [5.74, 6) is 0.430. The van der Waals surface area contributed by atoms with E-state index in [2.05, 4.69) is 5.16 Å². The molecule has 3 N–H and O–H groups in total. The molecule has 2 aromatic rings. The molecule has 2 unspecified atom stereocenters. The fourth-order valence-electron chi connectivity index (χ4n) is 1.81. The number of aliphatic hydroxyl groups is 2. The zero-order valence-electron chi connectivity index (χ0n) is 11.3. The van der Waals surface area contributed by atoms with Gasteiger partial charge in [-0.1, -0.05) is 23.0 Å². The van der Waals surface area contributed by atoms with Crippen LogP contribution in [-0.4, -0.2) is 37.4 Å². The Morgan fingerprint density at radius 3 is 2.76 bits per heavy atom. The zero-order chi connectivity index (χ0) is 15.4. The van der Waals surface area contributed by atoms with Crippen LogP contribution in [0, 0.1) is 0 Å². The summed E-state index contributed by atoms with van der Waals surface area (Å²) in [7, 11) is 0. The standard InChI is InChI=1S/C14H15NO5S/c1-8(16)21-7-12(18)14(19)9-2-3-11(17)10(6-9)13-4-5-15-20-13/h2-6,12,14,17-19H,7H2,1H3. The van der Waals surface area contributed by atoms with E-state index in [0.29, 0.717) is 16.9 Å². The predicted molar refractivity (Wildman–Crippen MR) is 77.7 cm³/mol. The Balaban J connectivity index is 2.20. The number of hydrogen-bond acceptors (Lipinski definition) is 7. The van der Waals surface area contributed by atoms with E-state index in [1.54, 1.807) is 6.07 Å². The van der Waals surface area contributed by atoms with Gasteiger partial charge >= 0.3 is 0 Å². The van der Waals surface area contributed by atoms with Crippen molar-refractivity contribution >= 4 is 16.9 Å². The minimum Gasteiger partial charge on any atom is -0.507 e. The van der Waals surface area contributed by atoms with Gasteiger partial charge in [0.05, 0.1) is 17.9 Å². The van der Waals surface area contributed by atoms with Gasteiger partial charge in [0.2, 0.25) is 0 Å². The fourth-order valence-corrected chi connectivity index (χ4v) is 2.39. The van der Waals surface area contributed by atoms with Crippen molar-refractivity contribution in [1.82, 2.24) is 5.16 Å². The number of phenolic OH excluding ortho intramolecular Hbond substituents is 1. The molecule has 21 heavy (non-hydrogen) atoms. The molecule has 1 heterocycles. The lowest BCUT2D eigenvalue weighted by atomic mass is 10.0. The van der Waals surface area contributed by atoms with Crippen molar-refractivity contribution in [1.29, 1.82) is 0 Å². The van der Waals surface area contributed by atoms with Crippen molar-refractivity contribution in [3.05, 3.63) is 36.0 Å². The number of benzene rings is 1. The van der Waals surface area contributed by atoms with E-state index in [-0.39, 0.29) is 16.6 Å². The third-order valence-corrected chi connectivity index (χ3v) is 3.80. The van der Waals surface area contributed by atoms with Gasteiger partial charge in [0, 0.05) is 18.7 Å². The van der Waals surface area contributed by atoms with Crippen molar-refractivity contribution in [3.8, 4) is 17.1 Å². The van der Waals surface area contributed by atoms with Crippen LogP contribution in [-0.2, 0) is 4.79 Å². The van der Waals surface area contributed by atoms with Gasteiger partial charge in [0.25, 0.3) is 0 Å². The number of aromatic nitrogens is 1. The maximum atomic E-state index is 10.9. The lowest BCUT2D eigenvalue weighted by molar-refractivity contribution is -0.109. The van der Waals surface area contributed by atoms with Crippen molar-refractivity contribution in [2.45, 2.75) is 19.1 Å². The largest absolute Gasteiger partial charge is 0.507 e. The van der Waals surface area contributed by atoms with Gasteiger partial charge in [-0.25, -0.2) is 0 Å². The number of rotatable bonds is 5. The molecule has 6 nitrogen and oxygen atoms in total. The van der Waals surface area contributed by atoms with Crippen LogP contribution >= 0.6 is 11.8 Å². The summed E-state index contributed by atoms with van der Waals surface area (Å²) in [6, 6.07) is 6.00. The highest BCUT2D eigenvalue weighted by atomic mass is 32.2. The Morgan fingerprint density at radius 1 is 1.38 bits per heavy atom. The number of thioether (sulfide) groups is 1. The zero-order valence-corrected chi connectivity index (χ0v) is 12.1. The number of aliphatic hydroxyl groups excluding tert-OH is 2. The summed E-state index contributed by atoms with van der Waals surface area (Å²) < 4.78 is 4.97. The molecule has 0 aliphatic carbocycles. The first kappa shape index (κ1) is 15.6. The first-order valence-corrected chi connectivity index (χ1v) is 7.21. The molecule has 0 bridgehead atoms. The number of nitrogens with zero attached hydrogens (tertiary/aromatic N) is 1. The van der Waals surface area contributed by atoms with Crippen LogP contribution in [0.3, 0.4) is 0 Å². The van der Waals surface area contributed by atoms with Crippen LogP contribution in [0.2, 0.25) is 0 Å². The third kappa shape index (κ3) is 3.84. The second-order valence-electron chi connectivity index (χ2n) is 4.47. The van der Waals surface area contributed by atoms with E-state index in [9.17, 15) is 20.1 Å². The lowest BCUT2D eigenvalue weighted by Gasteiger charge is -2.18. The molecule has 0 saturated heterocycles. The fraction of sp³-hybridized carbons (Fsp3) is 0.286. The summed E-state index contributed by atoms with van der Waals surface area (Å²) in [4.78, 5) is 10.9. The molecule has 0 spiro atoms. The van der Waals surface area contributed by atoms with Crippen molar-refractivity contribution in [3.63, 3.8) is 0 Å². The van der Waals surface area contributed by atoms with Gasteiger partial charge in [-0.2, -0.15) is 0 Å². The van der Waals surface area contributed by atoms with Gasteiger partial charge in [-0.3, -0.25) is 4.79 Å². The Morgan fingerprint density at radius 2 is 2.14 bits per heavy atom. The maximum absolute atomic E-state index is 10.9. The first-order valence-electron chi connectivity index (χ1n) is 6.22. The Bertz CT molecular complexity index is 614. The molecule has 0 aliphatic rings. The molecule has 2 rings (SSSR count). The second-order valence-corrected chi connectivity index (χ2v) is 5.66. The molecule has 112 valence electrons. The molecular weight excluding hydrogens is 294 g/mol. The molecule has 1 aromatic carbocycles. The monoisotopic (exact) mass is 309 g/mol. The second kappa shape index (κ2) is 6.75. The highest BCUT2D eigenvalue weighted by molar-refractivity contribution is 8.13. The SMILES string of the molecule is CC(=O)SCC(O)C(O)c1ccc(O)c(-c2ccno2)c1. The summed E-state index contributed by atoms with van der Waals surface area (Å²) in [6.07, 6.45) is -0.818. The topological polar surface area (TPSA) is 104 Å². The summed E-state index contributed by atoms with van der Waals surface area (Å²) in [5.41, 5.74) is 0.784. The summed E-state index contributed by atoms with van der Waals surface area (Å²) >= 11 is 0.941. The summed E-state index contributed by atoms with van der Waals surface area (Å²) in [6.45, 7) is 1.40. The van der Waals surface area contributed by atoms with Crippen LogP contribution in [0.15, 0.2) is 35.0 Å². The number of phenols is 1. The van der Waals surface area contributed by atoms with Crippen molar-refractivity contribution in [2.75, 3.05) is 5.75 Å². The Hall–Kier alpha value is -1.83. The highest BCUT2D eigenvalue weighted by Gasteiger charge is 2.21. The number of hydrogen-bond donors (Lipinski definition) is 3. The van der Waals surface area contributed by atoms with Crippen molar-refractivity contribution < 1.29 is 24.6 Å². The molecule has 1 aromatic heterocycles. The number of carbonyl (C=O) groups excluding carboxylic acids is 1. The third-order valence-electron chi connectivity index (χ3n) is 2.89. The van der Waals surface area contributed by atoms with E-state index < -0.39 is 12.2 Å². The van der Waals surface area contributed by atoms with Gasteiger partial charge in [0.15, 0.2) is 10.9 Å². The van der Waals surface area contributed by atoms with E-state index in [4.69, 9.17) is 4.52 Å². The van der Waals surface area contributed by atoms with Crippen LogP contribution in [0.1, 0.15) is 18.6 Å². The molecule has 0 fully saturated rings. The maximum Gasteiger partial charge on any atom is 0.185 e. The van der Waals surface area contributed by atoms with Crippen LogP contribution in [0.4, 0.5) is 0 Å². The Labute approximate surface area is 125 Å². The van der Waals surface area contributed by atoms with Gasteiger partial charge < -0.3 is 19.8 Å². The minimum atomic E-state index is -1.17. The number of carbonyl (C=O) groups is 1. The normalized spacial score (nSPS) is 13.9. The van der Waals surface area contributed by atoms with Gasteiger partial charge in [0.1, 0.15) is 11.9 Å². The van der Waals surface area contributed by atoms with Crippen LogP contribution < -0.4 is 0 Å². The quantitative estimate of drug-likeness (QED) is 0.772. The van der Waals surface area contributed by atoms with Crippen molar-refractivity contribution in [2.24, 2.45) is 0 Å². The van der Waals surface area contributed by atoms with Crippen LogP contribution in [0.25, 0.3) is 11.3 Å².